The van der Waals surface area contributed by atoms with E-state index in [2.05, 4.69) is 15.3 Å². The number of carbonyl (C=O) groups excluding carboxylic acids is 1. The summed E-state index contributed by atoms with van der Waals surface area (Å²) < 4.78 is 5.14. The van der Waals surface area contributed by atoms with E-state index in [0.29, 0.717) is 11.4 Å². The molecule has 0 unspecified atom stereocenters. The summed E-state index contributed by atoms with van der Waals surface area (Å²) in [7, 11) is 1.59. The van der Waals surface area contributed by atoms with Crippen molar-refractivity contribution in [2.24, 2.45) is 0 Å². The zero-order chi connectivity index (χ0) is 20.1. The lowest BCUT2D eigenvalue weighted by Crippen LogP contribution is -2.23. The number of hydrogen-bond acceptors (Lipinski definition) is 6. The monoisotopic (exact) mass is 398 g/mol. The van der Waals surface area contributed by atoms with Gasteiger partial charge < -0.3 is 10.1 Å². The Kier molecular flexibility index (Phi) is 5.81. The van der Waals surface area contributed by atoms with Gasteiger partial charge in [-0.2, -0.15) is 0 Å². The van der Waals surface area contributed by atoms with Gasteiger partial charge in [0.1, 0.15) is 12.1 Å². The quantitative estimate of drug-likeness (QED) is 0.501. The zero-order valence-electron chi connectivity index (χ0n) is 14.8. The van der Waals surface area contributed by atoms with E-state index in [4.69, 9.17) is 16.3 Å². The second-order valence-corrected chi connectivity index (χ2v) is 6.13. The number of halogens is 1. The largest absolute Gasteiger partial charge is 0.497 e. The topological polar surface area (TPSA) is 107 Å². The molecule has 1 heterocycles. The second kappa shape index (κ2) is 8.45. The zero-order valence-corrected chi connectivity index (χ0v) is 15.5. The number of ether oxygens (including phenoxy) is 1. The molecule has 28 heavy (non-hydrogen) atoms. The highest BCUT2D eigenvalue weighted by Gasteiger charge is 2.15. The molecular weight excluding hydrogens is 384 g/mol. The number of nitrogens with zero attached hydrogens (tertiary/aromatic N) is 3. The van der Waals surface area contributed by atoms with E-state index in [9.17, 15) is 14.9 Å². The second-order valence-electron chi connectivity index (χ2n) is 5.73. The fourth-order valence-corrected chi connectivity index (χ4v) is 2.74. The number of amides is 1. The van der Waals surface area contributed by atoms with Crippen LogP contribution in [0.3, 0.4) is 0 Å². The Balaban J connectivity index is 1.70. The van der Waals surface area contributed by atoms with Crippen LogP contribution in [0.5, 0.6) is 5.75 Å². The first kappa shape index (κ1) is 19.2. The maximum atomic E-state index is 12.3. The number of nitrogens with one attached hydrogen (secondary N) is 1. The minimum atomic E-state index is -0.574. The van der Waals surface area contributed by atoms with Crippen molar-refractivity contribution >= 4 is 23.2 Å². The van der Waals surface area contributed by atoms with Crippen LogP contribution in [0.4, 0.5) is 5.69 Å². The lowest BCUT2D eigenvalue weighted by Gasteiger charge is -2.08. The molecule has 9 heteroatoms. The summed E-state index contributed by atoms with van der Waals surface area (Å²) in [6.45, 7) is 0.151. The Labute approximate surface area is 165 Å². The molecule has 0 radical (unpaired) electrons. The molecule has 0 spiro atoms. The van der Waals surface area contributed by atoms with Crippen molar-refractivity contribution in [3.63, 3.8) is 0 Å². The highest BCUT2D eigenvalue weighted by atomic mass is 35.5. The van der Waals surface area contributed by atoms with Gasteiger partial charge in [0.2, 0.25) is 0 Å². The number of carbonyl (C=O) groups is 1. The molecule has 0 atom stereocenters. The van der Waals surface area contributed by atoms with Crippen molar-refractivity contribution in [2.75, 3.05) is 7.11 Å². The summed E-state index contributed by atoms with van der Waals surface area (Å²) in [5.74, 6) is 0.287. The summed E-state index contributed by atoms with van der Waals surface area (Å²) >= 11 is 5.98. The first-order valence-electron chi connectivity index (χ1n) is 8.15. The van der Waals surface area contributed by atoms with Crippen LogP contribution in [0.15, 0.2) is 54.9 Å². The van der Waals surface area contributed by atoms with Crippen LogP contribution in [0, 0.1) is 10.1 Å². The van der Waals surface area contributed by atoms with Crippen molar-refractivity contribution in [3.05, 3.63) is 81.3 Å². The van der Waals surface area contributed by atoms with Crippen LogP contribution in [0.25, 0.3) is 11.3 Å². The number of rotatable bonds is 6. The lowest BCUT2D eigenvalue weighted by molar-refractivity contribution is -0.384. The molecule has 0 saturated carbocycles. The minimum absolute atomic E-state index is 0.00769. The molecule has 3 rings (SSSR count). The van der Waals surface area contributed by atoms with Crippen LogP contribution in [-0.4, -0.2) is 27.9 Å². The molecule has 3 aromatic rings. The molecule has 0 saturated heterocycles. The fourth-order valence-electron chi connectivity index (χ4n) is 2.48. The number of aromatic nitrogens is 2. The van der Waals surface area contributed by atoms with Gasteiger partial charge in [0.15, 0.2) is 0 Å². The van der Waals surface area contributed by atoms with Crippen LogP contribution in [0.1, 0.15) is 16.1 Å². The van der Waals surface area contributed by atoms with Crippen molar-refractivity contribution in [2.45, 2.75) is 6.54 Å². The summed E-state index contributed by atoms with van der Waals surface area (Å²) in [6.07, 6.45) is 1.42. The molecule has 1 N–H and O–H groups in total. The van der Waals surface area contributed by atoms with Gasteiger partial charge in [0, 0.05) is 17.7 Å². The molecule has 1 aromatic heterocycles. The van der Waals surface area contributed by atoms with Gasteiger partial charge >= 0.3 is 0 Å². The van der Waals surface area contributed by atoms with Crippen molar-refractivity contribution in [1.29, 1.82) is 0 Å². The molecule has 0 aliphatic heterocycles. The first-order chi connectivity index (χ1) is 13.5. The predicted octanol–water partition coefficient (Wildman–Crippen LogP) is 3.64. The van der Waals surface area contributed by atoms with Crippen LogP contribution < -0.4 is 10.1 Å². The average Bonchev–Trinajstić information content (AvgIpc) is 2.72. The van der Waals surface area contributed by atoms with Gasteiger partial charge in [-0.1, -0.05) is 11.6 Å². The molecule has 0 fully saturated rings. The Morgan fingerprint density at radius 2 is 1.93 bits per heavy atom. The molecule has 1 amide bonds. The van der Waals surface area contributed by atoms with E-state index in [-0.39, 0.29) is 22.8 Å². The van der Waals surface area contributed by atoms with Gasteiger partial charge in [-0.05, 0) is 36.4 Å². The van der Waals surface area contributed by atoms with Gasteiger partial charge in [-0.15, -0.1) is 0 Å². The van der Waals surface area contributed by atoms with E-state index in [0.717, 1.165) is 17.4 Å². The van der Waals surface area contributed by atoms with Crippen molar-refractivity contribution in [1.82, 2.24) is 15.3 Å². The maximum Gasteiger partial charge on any atom is 0.270 e. The maximum absolute atomic E-state index is 12.3. The summed E-state index contributed by atoms with van der Waals surface area (Å²) in [5, 5.41) is 13.5. The lowest BCUT2D eigenvalue weighted by atomic mass is 10.1. The van der Waals surface area contributed by atoms with Gasteiger partial charge in [0.25, 0.3) is 11.6 Å². The molecular formula is C19H15ClN4O4. The third kappa shape index (κ3) is 4.41. The molecule has 142 valence electrons. The minimum Gasteiger partial charge on any atom is -0.497 e. The Morgan fingerprint density at radius 1 is 1.18 bits per heavy atom. The van der Waals surface area contributed by atoms with Crippen molar-refractivity contribution < 1.29 is 14.5 Å². The summed E-state index contributed by atoms with van der Waals surface area (Å²) in [6, 6.07) is 12.9. The fraction of sp³-hybridized carbons (Fsp3) is 0.105. The molecule has 0 bridgehead atoms. The van der Waals surface area contributed by atoms with Gasteiger partial charge in [-0.3, -0.25) is 14.9 Å². The normalized spacial score (nSPS) is 10.4. The Morgan fingerprint density at radius 3 is 2.57 bits per heavy atom. The molecule has 0 aliphatic carbocycles. The van der Waals surface area contributed by atoms with E-state index in [1.807, 2.05) is 24.3 Å². The SMILES string of the molecule is COc1ccc(-c2cc(CNC(=O)c3ccc([N+](=O)[O-])cc3Cl)ncn2)cc1. The Bertz CT molecular complexity index is 1020. The van der Waals surface area contributed by atoms with Crippen LogP contribution in [0.2, 0.25) is 5.02 Å². The van der Waals surface area contributed by atoms with Gasteiger partial charge in [0.05, 0.1) is 40.6 Å². The number of nitro benzene ring substituents is 1. The highest BCUT2D eigenvalue weighted by Crippen LogP contribution is 2.23. The number of benzene rings is 2. The number of nitro groups is 1. The number of non-ortho nitro benzene ring substituents is 1. The van der Waals surface area contributed by atoms with E-state index >= 15 is 0 Å². The third-order valence-electron chi connectivity index (χ3n) is 3.95. The standard InChI is InChI=1S/C19H15ClN4O4/c1-28-15-5-2-12(3-6-15)18-8-13(22-11-23-18)10-21-19(25)16-7-4-14(24(26)27)9-17(16)20/h2-9,11H,10H2,1H3,(H,21,25). The summed E-state index contributed by atoms with van der Waals surface area (Å²) in [5.41, 5.74) is 2.16. The molecule has 2 aromatic carbocycles. The molecule has 8 nitrogen and oxygen atoms in total. The smallest absolute Gasteiger partial charge is 0.270 e. The first-order valence-corrected chi connectivity index (χ1v) is 8.53. The number of hydrogen-bond donors (Lipinski definition) is 1. The third-order valence-corrected chi connectivity index (χ3v) is 4.26. The highest BCUT2D eigenvalue weighted by molar-refractivity contribution is 6.34. The van der Waals surface area contributed by atoms with Crippen LogP contribution in [-0.2, 0) is 6.54 Å². The van der Waals surface area contributed by atoms with Crippen molar-refractivity contribution in [3.8, 4) is 17.0 Å². The average molecular weight is 399 g/mol. The van der Waals surface area contributed by atoms with E-state index in [1.54, 1.807) is 13.2 Å². The van der Waals surface area contributed by atoms with Crippen LogP contribution >= 0.6 is 11.6 Å². The van der Waals surface area contributed by atoms with Gasteiger partial charge in [-0.25, -0.2) is 9.97 Å². The van der Waals surface area contributed by atoms with E-state index < -0.39 is 10.8 Å². The number of methoxy groups -OCH3 is 1. The van der Waals surface area contributed by atoms with E-state index in [1.165, 1.54) is 18.5 Å². The summed E-state index contributed by atoms with van der Waals surface area (Å²) in [4.78, 5) is 30.9. The Hall–Kier alpha value is -3.52. The molecule has 0 aliphatic rings. The predicted molar refractivity (Wildman–Crippen MR) is 103 cm³/mol.